The first-order valence-corrected chi connectivity index (χ1v) is 7.50. The number of Topliss-reactive ketones (excluding diaryl/α,β-unsaturated/α-hetero) is 1. The second kappa shape index (κ2) is 5.19. The van der Waals surface area contributed by atoms with E-state index >= 15 is 0 Å². The van der Waals surface area contributed by atoms with Crippen molar-refractivity contribution < 1.29 is 9.00 Å². The Kier molecular flexibility index (Phi) is 3.81. The minimum absolute atomic E-state index is 0.0141. The van der Waals surface area contributed by atoms with Gasteiger partial charge in [-0.15, -0.1) is 0 Å². The summed E-state index contributed by atoms with van der Waals surface area (Å²) in [5.41, 5.74) is 4.18. The zero-order valence-electron chi connectivity index (χ0n) is 11.0. The number of hydrogen-bond acceptors (Lipinski definition) is 2. The van der Waals surface area contributed by atoms with Crippen LogP contribution < -0.4 is 0 Å². The van der Waals surface area contributed by atoms with E-state index in [0.29, 0.717) is 17.7 Å². The largest absolute Gasteiger partial charge is 0.293 e. The zero-order chi connectivity index (χ0) is 13.3. The highest BCUT2D eigenvalue weighted by molar-refractivity contribution is 7.86. The van der Waals surface area contributed by atoms with Gasteiger partial charge >= 0.3 is 0 Å². The molecule has 0 saturated carbocycles. The second-order valence-electron chi connectivity index (χ2n) is 5.01. The first kappa shape index (κ1) is 13.2. The fourth-order valence-electron chi connectivity index (χ4n) is 2.10. The highest BCUT2D eigenvalue weighted by Gasteiger charge is 2.30. The van der Waals surface area contributed by atoms with Gasteiger partial charge in [-0.05, 0) is 27.2 Å². The molecule has 0 spiro atoms. The average Bonchev–Trinajstić information content (AvgIpc) is 2.34. The van der Waals surface area contributed by atoms with E-state index in [0.717, 1.165) is 5.56 Å². The van der Waals surface area contributed by atoms with E-state index in [4.69, 9.17) is 0 Å². The van der Waals surface area contributed by atoms with Crippen LogP contribution in [0.4, 0.5) is 0 Å². The monoisotopic (exact) mass is 262 g/mol. The highest BCUT2D eigenvalue weighted by atomic mass is 32.2. The van der Waals surface area contributed by atoms with Gasteiger partial charge in [0.05, 0.1) is 0 Å². The molecule has 0 amide bonds. The lowest BCUT2D eigenvalue weighted by atomic mass is 9.99. The van der Waals surface area contributed by atoms with Crippen molar-refractivity contribution in [2.24, 2.45) is 0 Å². The van der Waals surface area contributed by atoms with Gasteiger partial charge in [0.25, 0.3) is 0 Å². The summed E-state index contributed by atoms with van der Waals surface area (Å²) >= 11 is 0. The van der Waals surface area contributed by atoms with Crippen LogP contribution in [0.1, 0.15) is 36.2 Å². The first-order chi connectivity index (χ1) is 8.49. The molecule has 96 valence electrons. The molecule has 0 aliphatic carbocycles. The molecule has 18 heavy (non-hydrogen) atoms. The molecule has 1 aromatic carbocycles. The summed E-state index contributed by atoms with van der Waals surface area (Å²) in [7, 11) is -1.07. The maximum atomic E-state index is 12.4. The molecule has 1 heterocycles. The van der Waals surface area contributed by atoms with Gasteiger partial charge < -0.3 is 0 Å². The topological polar surface area (TPSA) is 34.1 Å². The summed E-state index contributed by atoms with van der Waals surface area (Å²) < 4.78 is 12.1. The van der Waals surface area contributed by atoms with Crippen LogP contribution in [0.5, 0.6) is 0 Å². The summed E-state index contributed by atoms with van der Waals surface area (Å²) in [5, 5.41) is -0.364. The van der Waals surface area contributed by atoms with Crippen molar-refractivity contribution in [1.82, 2.24) is 0 Å². The van der Waals surface area contributed by atoms with Crippen molar-refractivity contribution >= 4 is 16.6 Å². The van der Waals surface area contributed by atoms with E-state index in [2.05, 4.69) is 0 Å². The van der Waals surface area contributed by atoms with Gasteiger partial charge in [0, 0.05) is 22.1 Å². The lowest BCUT2D eigenvalue weighted by Crippen LogP contribution is -2.31. The molecule has 1 aromatic rings. The van der Waals surface area contributed by atoms with Gasteiger partial charge in [0.2, 0.25) is 0 Å². The Balaban J connectivity index is 2.25. The molecule has 1 aliphatic heterocycles. The zero-order valence-corrected chi connectivity index (χ0v) is 11.8. The number of carbonyl (C=O) groups is 1. The van der Waals surface area contributed by atoms with Crippen molar-refractivity contribution in [1.29, 1.82) is 0 Å². The minimum Gasteiger partial charge on any atom is -0.293 e. The first-order valence-electron chi connectivity index (χ1n) is 6.12. The maximum absolute atomic E-state index is 12.4. The number of ketones is 1. The molecule has 1 aliphatic rings. The Bertz CT molecular complexity index is 526. The molecule has 2 atom stereocenters. The number of hydrogen-bond donors (Lipinski definition) is 0. The number of benzene rings is 1. The lowest BCUT2D eigenvalue weighted by molar-refractivity contribution is 0.0987. The van der Waals surface area contributed by atoms with Crippen LogP contribution in [0, 0.1) is 6.92 Å². The molecule has 0 N–H and O–H groups in total. The van der Waals surface area contributed by atoms with Crippen LogP contribution in [0.15, 0.2) is 35.4 Å². The van der Waals surface area contributed by atoms with E-state index in [-0.39, 0.29) is 11.0 Å². The Labute approximate surface area is 111 Å². The Morgan fingerprint density at radius 3 is 2.33 bits per heavy atom. The molecule has 0 saturated heterocycles. The third-order valence-corrected chi connectivity index (χ3v) is 5.26. The van der Waals surface area contributed by atoms with Crippen molar-refractivity contribution in [2.45, 2.75) is 32.4 Å². The Morgan fingerprint density at radius 1 is 1.11 bits per heavy atom. The summed E-state index contributed by atoms with van der Waals surface area (Å²) in [6.45, 7) is 6.02. The van der Waals surface area contributed by atoms with Gasteiger partial charge in [-0.2, -0.15) is 0 Å². The molecule has 0 aromatic heterocycles. The van der Waals surface area contributed by atoms with Gasteiger partial charge in [0.1, 0.15) is 5.25 Å². The fourth-order valence-corrected chi connectivity index (χ4v) is 3.78. The molecule has 0 bridgehead atoms. The van der Waals surface area contributed by atoms with Crippen LogP contribution >= 0.6 is 0 Å². The van der Waals surface area contributed by atoms with Crippen molar-refractivity contribution in [2.75, 3.05) is 5.75 Å². The Hall–Kier alpha value is -1.22. The molecule has 2 nitrogen and oxygen atoms in total. The number of allylic oxidation sites excluding steroid dienone is 1. The molecule has 0 fully saturated rings. The highest BCUT2D eigenvalue weighted by Crippen LogP contribution is 2.25. The van der Waals surface area contributed by atoms with Crippen LogP contribution in [-0.2, 0) is 10.8 Å². The predicted molar refractivity (Wildman–Crippen MR) is 75.3 cm³/mol. The normalized spacial score (nSPS) is 24.2. The third kappa shape index (κ3) is 2.61. The van der Waals surface area contributed by atoms with Gasteiger partial charge in [-0.3, -0.25) is 9.00 Å². The minimum atomic E-state index is -1.07. The molecular formula is C15H18O2S. The van der Waals surface area contributed by atoms with Crippen molar-refractivity contribution in [3.63, 3.8) is 0 Å². The summed E-state index contributed by atoms with van der Waals surface area (Å²) in [6, 6.07) is 7.50. The number of rotatable bonds is 2. The predicted octanol–water partition coefficient (Wildman–Crippen LogP) is 3.04. The van der Waals surface area contributed by atoms with E-state index in [1.54, 1.807) is 0 Å². The van der Waals surface area contributed by atoms with Crippen LogP contribution in [0.3, 0.4) is 0 Å². The maximum Gasteiger partial charge on any atom is 0.178 e. The molecule has 2 rings (SSSR count). The lowest BCUT2D eigenvalue weighted by Gasteiger charge is -2.22. The molecule has 3 heteroatoms. The van der Waals surface area contributed by atoms with E-state index < -0.39 is 10.8 Å². The van der Waals surface area contributed by atoms with Crippen LogP contribution in [0.25, 0.3) is 0 Å². The van der Waals surface area contributed by atoms with Crippen molar-refractivity contribution in [3.8, 4) is 0 Å². The Morgan fingerprint density at radius 2 is 1.72 bits per heavy atom. The quantitative estimate of drug-likeness (QED) is 0.606. The smallest absolute Gasteiger partial charge is 0.178 e. The summed E-state index contributed by atoms with van der Waals surface area (Å²) in [5.74, 6) is 0.550. The average molecular weight is 262 g/mol. The number of aryl methyl sites for hydroxylation is 1. The third-order valence-electron chi connectivity index (χ3n) is 3.52. The molecular weight excluding hydrogens is 244 g/mol. The number of carbonyl (C=O) groups excluding carboxylic acids is 1. The second-order valence-corrected chi connectivity index (χ2v) is 6.63. The standard InChI is InChI=1S/C15H18O2S/c1-10-4-6-13(7-5-10)15(16)14-8-11(2)12(3)9-18(14)17/h4-7,14H,8-9H2,1-3H3/t14-,18+/m1/s1. The van der Waals surface area contributed by atoms with Gasteiger partial charge in [0.15, 0.2) is 5.78 Å². The summed E-state index contributed by atoms with van der Waals surface area (Å²) in [4.78, 5) is 12.4. The van der Waals surface area contributed by atoms with E-state index in [1.165, 1.54) is 11.1 Å². The fraction of sp³-hybridized carbons (Fsp3) is 0.400. The van der Waals surface area contributed by atoms with Crippen molar-refractivity contribution in [3.05, 3.63) is 46.5 Å². The van der Waals surface area contributed by atoms with Crippen LogP contribution in [0.2, 0.25) is 0 Å². The van der Waals surface area contributed by atoms with Gasteiger partial charge in [-0.25, -0.2) is 0 Å². The van der Waals surface area contributed by atoms with Crippen LogP contribution in [-0.4, -0.2) is 21.0 Å². The van der Waals surface area contributed by atoms with Gasteiger partial charge in [-0.1, -0.05) is 41.0 Å². The summed E-state index contributed by atoms with van der Waals surface area (Å²) in [6.07, 6.45) is 0.630. The van der Waals surface area contributed by atoms with E-state index in [9.17, 15) is 9.00 Å². The molecule has 0 radical (unpaired) electrons. The van der Waals surface area contributed by atoms with E-state index in [1.807, 2.05) is 45.0 Å². The SMILES string of the molecule is CC1=C(C)C[S@](=O)[C@@H](C(=O)c2ccc(C)cc2)C1. The molecule has 0 unspecified atom stereocenters.